The standard InChI is InChI=1S/C33H36N4O4S/c1-6-17-34-28(38)19-36-29(39)20-42-32(24-15-16-26(40-4)27(18-24)41-5)30-31(23-12-8-7-9-13-23)35-37(33(30)36)25-14-10-11-21(2)22(25)3/h7-16,18,32H,6,17,19-20H2,1-5H3,(H,34,38)/t32-/m1/s1. The zero-order chi connectivity index (χ0) is 29.8. The molecular weight excluding hydrogens is 548 g/mol. The van der Waals surface area contributed by atoms with Crippen LogP contribution in [-0.2, 0) is 9.59 Å². The van der Waals surface area contributed by atoms with Crippen molar-refractivity contribution in [3.05, 3.63) is 89.0 Å². The van der Waals surface area contributed by atoms with Crippen molar-refractivity contribution in [1.82, 2.24) is 15.1 Å². The van der Waals surface area contributed by atoms with Crippen LogP contribution in [-0.4, -0.2) is 54.7 Å². The molecule has 0 saturated carbocycles. The highest BCUT2D eigenvalue weighted by Gasteiger charge is 2.38. The van der Waals surface area contributed by atoms with Gasteiger partial charge in [0, 0.05) is 17.7 Å². The highest BCUT2D eigenvalue weighted by Crippen LogP contribution is 2.49. The number of nitrogens with one attached hydrogen (secondary N) is 1. The average molecular weight is 585 g/mol. The Kier molecular flexibility index (Phi) is 8.87. The number of hydrogen-bond donors (Lipinski definition) is 1. The van der Waals surface area contributed by atoms with Crippen LogP contribution >= 0.6 is 11.8 Å². The fourth-order valence-corrected chi connectivity index (χ4v) is 6.39. The maximum Gasteiger partial charge on any atom is 0.240 e. The molecule has 1 aliphatic rings. The average Bonchev–Trinajstić information content (AvgIpc) is 3.33. The molecule has 0 saturated heterocycles. The molecule has 0 radical (unpaired) electrons. The second-order valence-electron chi connectivity index (χ2n) is 10.2. The molecule has 5 rings (SSSR count). The molecule has 218 valence electrons. The van der Waals surface area contributed by atoms with Gasteiger partial charge in [-0.25, -0.2) is 4.68 Å². The molecular formula is C33H36N4O4S. The number of hydrogen-bond acceptors (Lipinski definition) is 6. The Labute approximate surface area is 251 Å². The van der Waals surface area contributed by atoms with Gasteiger partial charge < -0.3 is 14.8 Å². The van der Waals surface area contributed by atoms with Crippen LogP contribution in [0.3, 0.4) is 0 Å². The number of methoxy groups -OCH3 is 2. The third kappa shape index (κ3) is 5.61. The van der Waals surface area contributed by atoms with Crippen LogP contribution in [0.2, 0.25) is 0 Å². The number of aromatic nitrogens is 2. The Hall–Kier alpha value is -4.24. The minimum absolute atomic E-state index is 0.101. The fraction of sp³-hybridized carbons (Fsp3) is 0.303. The van der Waals surface area contributed by atoms with E-state index in [1.54, 1.807) is 19.1 Å². The molecule has 0 aliphatic carbocycles. The lowest BCUT2D eigenvalue weighted by atomic mass is 9.99. The lowest BCUT2D eigenvalue weighted by Gasteiger charge is -2.24. The maximum absolute atomic E-state index is 13.9. The van der Waals surface area contributed by atoms with E-state index >= 15 is 0 Å². The van der Waals surface area contributed by atoms with Gasteiger partial charge in [-0.15, -0.1) is 11.8 Å². The van der Waals surface area contributed by atoms with E-state index in [0.29, 0.717) is 23.9 Å². The van der Waals surface area contributed by atoms with Crippen molar-refractivity contribution >= 4 is 29.4 Å². The number of anilines is 1. The van der Waals surface area contributed by atoms with Crippen molar-refractivity contribution in [3.63, 3.8) is 0 Å². The van der Waals surface area contributed by atoms with Crippen LogP contribution in [0.5, 0.6) is 11.5 Å². The van der Waals surface area contributed by atoms with E-state index in [1.807, 2.05) is 72.3 Å². The molecule has 2 amide bonds. The Morgan fingerprint density at radius 3 is 2.50 bits per heavy atom. The SMILES string of the molecule is CCCNC(=O)CN1C(=O)CS[C@H](c2ccc(OC)c(OC)c2)c2c(-c3ccccc3)nn(-c3cccc(C)c3C)c21. The molecule has 1 aromatic heterocycles. The highest BCUT2D eigenvalue weighted by molar-refractivity contribution is 8.00. The van der Waals surface area contributed by atoms with E-state index in [4.69, 9.17) is 14.6 Å². The van der Waals surface area contributed by atoms with E-state index < -0.39 is 0 Å². The predicted molar refractivity (Wildman–Crippen MR) is 168 cm³/mol. The third-order valence-electron chi connectivity index (χ3n) is 7.52. The summed E-state index contributed by atoms with van der Waals surface area (Å²) in [7, 11) is 3.22. The van der Waals surface area contributed by atoms with Crippen LogP contribution in [0.15, 0.2) is 66.7 Å². The van der Waals surface area contributed by atoms with Gasteiger partial charge in [-0.2, -0.15) is 5.10 Å². The number of ether oxygens (including phenoxy) is 2. The first-order chi connectivity index (χ1) is 20.4. The summed E-state index contributed by atoms with van der Waals surface area (Å²) in [5.74, 6) is 1.66. The maximum atomic E-state index is 13.9. The summed E-state index contributed by atoms with van der Waals surface area (Å²) in [5.41, 5.74) is 6.51. The quantitative estimate of drug-likeness (QED) is 0.265. The van der Waals surface area contributed by atoms with Gasteiger partial charge in [0.05, 0.1) is 36.6 Å². The molecule has 1 atom stereocenters. The van der Waals surface area contributed by atoms with Gasteiger partial charge in [-0.3, -0.25) is 14.5 Å². The van der Waals surface area contributed by atoms with E-state index in [1.165, 1.54) is 11.8 Å². The molecule has 3 aromatic carbocycles. The predicted octanol–water partition coefficient (Wildman–Crippen LogP) is 5.87. The van der Waals surface area contributed by atoms with E-state index in [9.17, 15) is 9.59 Å². The van der Waals surface area contributed by atoms with Crippen molar-refractivity contribution in [1.29, 1.82) is 0 Å². The van der Waals surface area contributed by atoms with Crippen molar-refractivity contribution < 1.29 is 19.1 Å². The van der Waals surface area contributed by atoms with Crippen molar-refractivity contribution in [2.75, 3.05) is 38.0 Å². The molecule has 2 heterocycles. The van der Waals surface area contributed by atoms with Crippen LogP contribution in [0.1, 0.15) is 40.8 Å². The van der Waals surface area contributed by atoms with Crippen molar-refractivity contribution in [2.24, 2.45) is 0 Å². The zero-order valence-corrected chi connectivity index (χ0v) is 25.5. The summed E-state index contributed by atoms with van der Waals surface area (Å²) in [6.45, 7) is 6.56. The topological polar surface area (TPSA) is 85.7 Å². The van der Waals surface area contributed by atoms with Crippen LogP contribution in [0.25, 0.3) is 16.9 Å². The molecule has 0 unspecified atom stereocenters. The first-order valence-corrected chi connectivity index (χ1v) is 15.1. The minimum Gasteiger partial charge on any atom is -0.493 e. The lowest BCUT2D eigenvalue weighted by molar-refractivity contribution is -0.122. The van der Waals surface area contributed by atoms with Gasteiger partial charge in [0.15, 0.2) is 11.5 Å². The number of thioether (sulfide) groups is 1. The van der Waals surface area contributed by atoms with E-state index in [-0.39, 0.29) is 29.4 Å². The van der Waals surface area contributed by atoms with Crippen LogP contribution in [0, 0.1) is 13.8 Å². The largest absolute Gasteiger partial charge is 0.493 e. The van der Waals surface area contributed by atoms with Crippen molar-refractivity contribution in [3.8, 4) is 28.4 Å². The summed E-state index contributed by atoms with van der Waals surface area (Å²) in [4.78, 5) is 28.6. The van der Waals surface area contributed by atoms with Gasteiger partial charge in [0.2, 0.25) is 11.8 Å². The van der Waals surface area contributed by atoms with Gasteiger partial charge in [-0.05, 0) is 55.2 Å². The number of amides is 2. The number of rotatable bonds is 9. The van der Waals surface area contributed by atoms with Gasteiger partial charge >= 0.3 is 0 Å². The van der Waals surface area contributed by atoms with E-state index in [0.717, 1.165) is 45.6 Å². The van der Waals surface area contributed by atoms with Crippen LogP contribution < -0.4 is 19.7 Å². The summed E-state index contributed by atoms with van der Waals surface area (Å²) >= 11 is 1.52. The minimum atomic E-state index is -0.276. The normalized spacial score (nSPS) is 14.7. The molecule has 4 aromatic rings. The number of aryl methyl sites for hydroxylation is 1. The second kappa shape index (κ2) is 12.7. The third-order valence-corrected chi connectivity index (χ3v) is 8.78. The fourth-order valence-electron chi connectivity index (χ4n) is 5.20. The second-order valence-corrected chi connectivity index (χ2v) is 11.3. The first kappa shape index (κ1) is 29.3. The molecule has 9 heteroatoms. The number of carbonyl (C=O) groups is 2. The Morgan fingerprint density at radius 1 is 1.02 bits per heavy atom. The van der Waals surface area contributed by atoms with Gasteiger partial charge in [0.1, 0.15) is 12.4 Å². The summed E-state index contributed by atoms with van der Waals surface area (Å²) in [6, 6.07) is 21.9. The monoisotopic (exact) mass is 584 g/mol. The smallest absolute Gasteiger partial charge is 0.240 e. The molecule has 0 bridgehead atoms. The molecule has 8 nitrogen and oxygen atoms in total. The summed E-state index contributed by atoms with van der Waals surface area (Å²) < 4.78 is 13.0. The Morgan fingerprint density at radius 2 is 1.79 bits per heavy atom. The summed E-state index contributed by atoms with van der Waals surface area (Å²) in [5, 5.41) is 7.87. The zero-order valence-electron chi connectivity index (χ0n) is 24.6. The number of benzene rings is 3. The summed E-state index contributed by atoms with van der Waals surface area (Å²) in [6.07, 6.45) is 0.806. The highest BCUT2D eigenvalue weighted by atomic mass is 32.2. The van der Waals surface area contributed by atoms with Crippen LogP contribution in [0.4, 0.5) is 5.82 Å². The molecule has 0 fully saturated rings. The number of nitrogens with zero attached hydrogens (tertiary/aromatic N) is 3. The Balaban J connectivity index is 1.82. The first-order valence-electron chi connectivity index (χ1n) is 14.0. The van der Waals surface area contributed by atoms with Gasteiger partial charge in [0.25, 0.3) is 0 Å². The molecule has 1 N–H and O–H groups in total. The Bertz CT molecular complexity index is 1600. The number of fused-ring (bicyclic) bond motifs is 1. The molecule has 42 heavy (non-hydrogen) atoms. The lowest BCUT2D eigenvalue weighted by Crippen LogP contribution is -2.42. The molecule has 0 spiro atoms. The molecule has 1 aliphatic heterocycles. The van der Waals surface area contributed by atoms with E-state index in [2.05, 4.69) is 25.2 Å². The number of carbonyl (C=O) groups excluding carboxylic acids is 2. The van der Waals surface area contributed by atoms with Gasteiger partial charge in [-0.1, -0.05) is 55.5 Å². The van der Waals surface area contributed by atoms with Crippen molar-refractivity contribution in [2.45, 2.75) is 32.4 Å².